The van der Waals surface area contributed by atoms with Gasteiger partial charge >= 0.3 is 5.97 Å². The van der Waals surface area contributed by atoms with Crippen molar-refractivity contribution in [2.75, 3.05) is 27.8 Å². The molecule has 0 radical (unpaired) electrons. The van der Waals surface area contributed by atoms with Crippen LogP contribution in [0.15, 0.2) is 42.5 Å². The van der Waals surface area contributed by atoms with Gasteiger partial charge in [0.15, 0.2) is 11.5 Å². The second-order valence-corrected chi connectivity index (χ2v) is 8.44. The van der Waals surface area contributed by atoms with Gasteiger partial charge in [0.25, 0.3) is 0 Å². The van der Waals surface area contributed by atoms with Crippen LogP contribution in [0.2, 0.25) is 0 Å². The van der Waals surface area contributed by atoms with Crippen LogP contribution in [0.1, 0.15) is 42.4 Å². The molecule has 1 saturated carbocycles. The Morgan fingerprint density at radius 3 is 2.40 bits per heavy atom. The van der Waals surface area contributed by atoms with E-state index in [9.17, 15) is 4.79 Å². The number of rotatable bonds is 5. The van der Waals surface area contributed by atoms with Gasteiger partial charge in [0.2, 0.25) is 0 Å². The number of methoxy groups -OCH3 is 2. The van der Waals surface area contributed by atoms with Gasteiger partial charge in [-0.15, -0.1) is 0 Å². The van der Waals surface area contributed by atoms with Crippen LogP contribution in [0.5, 0.6) is 11.5 Å². The van der Waals surface area contributed by atoms with Crippen molar-refractivity contribution in [2.45, 2.75) is 44.2 Å². The number of carbonyl (C=O) groups excluding carboxylic acids is 1. The average Bonchev–Trinajstić information content (AvgIpc) is 2.80. The van der Waals surface area contributed by atoms with Crippen LogP contribution < -0.4 is 9.47 Å². The summed E-state index contributed by atoms with van der Waals surface area (Å²) in [6.07, 6.45) is 4.56. The number of likely N-dealkylation sites (N-methyl/N-ethyl adjacent to an activating group) is 1. The van der Waals surface area contributed by atoms with Gasteiger partial charge in [-0.1, -0.05) is 30.3 Å². The van der Waals surface area contributed by atoms with E-state index in [0.717, 1.165) is 55.7 Å². The molecule has 0 unspecified atom stereocenters. The maximum absolute atomic E-state index is 12.7. The number of carbonyl (C=O) groups is 1. The predicted octanol–water partition coefficient (Wildman–Crippen LogP) is 4.32. The molecule has 0 aromatic heterocycles. The molecule has 1 spiro atoms. The molecule has 160 valence electrons. The third kappa shape index (κ3) is 3.79. The number of hydrogen-bond donors (Lipinski definition) is 0. The van der Waals surface area contributed by atoms with Gasteiger partial charge in [-0.2, -0.15) is 0 Å². The Morgan fingerprint density at radius 1 is 1.07 bits per heavy atom. The average molecular weight is 410 g/mol. The molecule has 2 aromatic rings. The molecule has 2 aliphatic rings. The lowest BCUT2D eigenvalue weighted by Crippen LogP contribution is -2.51. The normalized spacial score (nSPS) is 23.6. The standard InChI is InChI=1S/C25H31NO4/c1-26-14-11-20-15-22(28-2)23(29-3)16-21(20)25(26)12-9-19(10-13-25)24(27)30-17-18-7-5-4-6-8-18/h4-8,15-16,19H,9-14,17H2,1-3H3. The second kappa shape index (κ2) is 8.68. The lowest BCUT2D eigenvalue weighted by Gasteiger charge is -2.50. The van der Waals surface area contributed by atoms with E-state index >= 15 is 0 Å². The van der Waals surface area contributed by atoms with Crippen molar-refractivity contribution in [1.29, 1.82) is 0 Å². The van der Waals surface area contributed by atoms with Gasteiger partial charge in [-0.3, -0.25) is 9.69 Å². The van der Waals surface area contributed by atoms with E-state index in [1.807, 2.05) is 30.3 Å². The lowest BCUT2D eigenvalue weighted by molar-refractivity contribution is -0.152. The van der Waals surface area contributed by atoms with E-state index in [1.165, 1.54) is 11.1 Å². The maximum Gasteiger partial charge on any atom is 0.309 e. The molecule has 1 aliphatic heterocycles. The molecule has 5 heteroatoms. The molecule has 0 bridgehead atoms. The van der Waals surface area contributed by atoms with E-state index in [1.54, 1.807) is 14.2 Å². The number of esters is 1. The monoisotopic (exact) mass is 409 g/mol. The van der Waals surface area contributed by atoms with Crippen molar-refractivity contribution in [3.8, 4) is 11.5 Å². The molecule has 0 N–H and O–H groups in total. The zero-order chi connectivity index (χ0) is 21.1. The van der Waals surface area contributed by atoms with E-state index < -0.39 is 0 Å². The molecule has 4 rings (SSSR count). The van der Waals surface area contributed by atoms with Crippen LogP contribution in [0.3, 0.4) is 0 Å². The minimum absolute atomic E-state index is 0.0294. The largest absolute Gasteiger partial charge is 0.493 e. The Labute approximate surface area is 178 Å². The zero-order valence-corrected chi connectivity index (χ0v) is 18.1. The van der Waals surface area contributed by atoms with Crippen molar-refractivity contribution in [2.24, 2.45) is 5.92 Å². The first-order valence-electron chi connectivity index (χ1n) is 10.7. The minimum atomic E-state index is -0.0697. The Kier molecular flexibility index (Phi) is 6.00. The highest BCUT2D eigenvalue weighted by molar-refractivity contribution is 5.72. The fraction of sp³-hybridized carbons (Fsp3) is 0.480. The molecule has 0 amide bonds. The first kappa shape index (κ1) is 20.7. The number of fused-ring (bicyclic) bond motifs is 2. The van der Waals surface area contributed by atoms with Gasteiger partial charge in [0, 0.05) is 12.1 Å². The number of hydrogen-bond acceptors (Lipinski definition) is 5. The van der Waals surface area contributed by atoms with Crippen LogP contribution >= 0.6 is 0 Å². The summed E-state index contributed by atoms with van der Waals surface area (Å²) >= 11 is 0. The molecule has 1 fully saturated rings. The quantitative estimate of drug-likeness (QED) is 0.689. The summed E-state index contributed by atoms with van der Waals surface area (Å²) in [7, 11) is 5.57. The molecule has 1 aliphatic carbocycles. The lowest BCUT2D eigenvalue weighted by atomic mass is 9.68. The fourth-order valence-corrected chi connectivity index (χ4v) is 5.10. The van der Waals surface area contributed by atoms with Gasteiger partial charge in [-0.25, -0.2) is 0 Å². The topological polar surface area (TPSA) is 48.0 Å². The first-order valence-corrected chi connectivity index (χ1v) is 10.7. The zero-order valence-electron chi connectivity index (χ0n) is 18.1. The summed E-state index contributed by atoms with van der Waals surface area (Å²) in [5, 5.41) is 0. The summed E-state index contributed by atoms with van der Waals surface area (Å²) in [5.41, 5.74) is 3.63. The van der Waals surface area contributed by atoms with Crippen LogP contribution in [0, 0.1) is 5.92 Å². The summed E-state index contributed by atoms with van der Waals surface area (Å²) in [5.74, 6) is 1.46. The van der Waals surface area contributed by atoms with E-state index in [4.69, 9.17) is 14.2 Å². The van der Waals surface area contributed by atoms with Crippen molar-refractivity contribution in [3.05, 3.63) is 59.2 Å². The highest BCUT2D eigenvalue weighted by Crippen LogP contribution is 2.49. The van der Waals surface area contributed by atoms with Gasteiger partial charge in [-0.05, 0) is 68.0 Å². The number of ether oxygens (including phenoxy) is 3. The van der Waals surface area contributed by atoms with Crippen LogP contribution in [0.4, 0.5) is 0 Å². The van der Waals surface area contributed by atoms with Crippen molar-refractivity contribution >= 4 is 5.97 Å². The smallest absolute Gasteiger partial charge is 0.309 e. The summed E-state index contributed by atoms with van der Waals surface area (Å²) < 4.78 is 16.7. The highest BCUT2D eigenvalue weighted by Gasteiger charge is 2.45. The molecular formula is C25H31NO4. The number of nitrogens with zero attached hydrogens (tertiary/aromatic N) is 1. The van der Waals surface area contributed by atoms with E-state index in [2.05, 4.69) is 24.1 Å². The van der Waals surface area contributed by atoms with Crippen molar-refractivity contribution in [1.82, 2.24) is 4.90 Å². The maximum atomic E-state index is 12.7. The Bertz CT molecular complexity index is 888. The van der Waals surface area contributed by atoms with Gasteiger partial charge in [0.05, 0.1) is 20.1 Å². The molecule has 30 heavy (non-hydrogen) atoms. The van der Waals surface area contributed by atoms with Crippen molar-refractivity contribution < 1.29 is 19.0 Å². The third-order valence-corrected chi connectivity index (χ3v) is 6.93. The van der Waals surface area contributed by atoms with Gasteiger partial charge < -0.3 is 14.2 Å². The van der Waals surface area contributed by atoms with Gasteiger partial charge in [0.1, 0.15) is 6.61 Å². The minimum Gasteiger partial charge on any atom is -0.493 e. The Hall–Kier alpha value is -2.53. The summed E-state index contributed by atoms with van der Waals surface area (Å²) in [6, 6.07) is 14.1. The molecule has 0 atom stereocenters. The molecular weight excluding hydrogens is 378 g/mol. The Morgan fingerprint density at radius 2 is 1.73 bits per heavy atom. The molecule has 2 aromatic carbocycles. The molecule has 1 heterocycles. The van der Waals surface area contributed by atoms with Crippen molar-refractivity contribution in [3.63, 3.8) is 0 Å². The first-order chi connectivity index (χ1) is 14.6. The Balaban J connectivity index is 1.49. The summed E-state index contributed by atoms with van der Waals surface area (Å²) in [4.78, 5) is 15.1. The van der Waals surface area contributed by atoms with Crippen LogP contribution in [0.25, 0.3) is 0 Å². The van der Waals surface area contributed by atoms with E-state index in [-0.39, 0.29) is 17.4 Å². The van der Waals surface area contributed by atoms with Crippen LogP contribution in [-0.2, 0) is 28.1 Å². The molecule has 0 saturated heterocycles. The fourth-order valence-electron chi connectivity index (χ4n) is 5.10. The van der Waals surface area contributed by atoms with E-state index in [0.29, 0.717) is 6.61 Å². The number of benzene rings is 2. The third-order valence-electron chi connectivity index (χ3n) is 6.93. The molecule has 5 nitrogen and oxygen atoms in total. The predicted molar refractivity (Wildman–Crippen MR) is 116 cm³/mol. The second-order valence-electron chi connectivity index (χ2n) is 8.44. The SMILES string of the molecule is COc1cc2c(cc1OC)C1(CCC(C(=O)OCc3ccccc3)CC1)N(C)CC2. The summed E-state index contributed by atoms with van der Waals surface area (Å²) in [6.45, 7) is 1.35. The highest BCUT2D eigenvalue weighted by atomic mass is 16.5. The van der Waals surface area contributed by atoms with Crippen LogP contribution in [-0.4, -0.2) is 38.7 Å².